The van der Waals surface area contributed by atoms with Crippen molar-refractivity contribution in [2.45, 2.75) is 37.3 Å². The van der Waals surface area contributed by atoms with Gasteiger partial charge in [0.05, 0.1) is 25.5 Å². The van der Waals surface area contributed by atoms with Crippen LogP contribution in [0, 0.1) is 0 Å². The Morgan fingerprint density at radius 1 is 1.24 bits per heavy atom. The molecule has 2 aliphatic rings. The number of likely N-dealkylation sites (tertiary alicyclic amines) is 1. The Morgan fingerprint density at radius 2 is 2.00 bits per heavy atom. The molecule has 0 radical (unpaired) electrons. The molecular formula is C20H27N3O2. The number of hydrogen-bond acceptors (Lipinski definition) is 4. The average molecular weight is 341 g/mol. The van der Waals surface area contributed by atoms with Crippen molar-refractivity contribution < 1.29 is 9.47 Å². The molecule has 25 heavy (non-hydrogen) atoms. The van der Waals surface area contributed by atoms with E-state index in [4.69, 9.17) is 9.47 Å². The normalized spacial score (nSPS) is 23.2. The van der Waals surface area contributed by atoms with Gasteiger partial charge in [0.2, 0.25) is 0 Å². The van der Waals surface area contributed by atoms with E-state index in [1.165, 1.54) is 11.1 Å². The molecule has 2 aliphatic heterocycles. The predicted octanol–water partition coefficient (Wildman–Crippen LogP) is 2.97. The maximum atomic E-state index is 6.31. The lowest BCUT2D eigenvalue weighted by molar-refractivity contribution is -0.0448. The van der Waals surface area contributed by atoms with E-state index in [-0.39, 0.29) is 5.60 Å². The summed E-state index contributed by atoms with van der Waals surface area (Å²) in [5.41, 5.74) is 2.74. The van der Waals surface area contributed by atoms with Gasteiger partial charge in [-0.05, 0) is 42.5 Å². The highest BCUT2D eigenvalue weighted by Crippen LogP contribution is 2.42. The fourth-order valence-corrected chi connectivity index (χ4v) is 4.17. The Morgan fingerprint density at radius 3 is 2.64 bits per heavy atom. The van der Waals surface area contributed by atoms with Crippen molar-refractivity contribution >= 4 is 0 Å². The summed E-state index contributed by atoms with van der Waals surface area (Å²) in [6, 6.07) is 8.40. The molecule has 0 bridgehead atoms. The van der Waals surface area contributed by atoms with Crippen LogP contribution < -0.4 is 4.74 Å². The van der Waals surface area contributed by atoms with Crippen LogP contribution in [0.3, 0.4) is 0 Å². The largest absolute Gasteiger partial charge is 0.497 e. The molecule has 3 heterocycles. The van der Waals surface area contributed by atoms with Crippen molar-refractivity contribution in [1.82, 2.24) is 14.7 Å². The summed E-state index contributed by atoms with van der Waals surface area (Å²) in [6.07, 6.45) is 7.51. The molecule has 2 aromatic rings. The second-order valence-corrected chi connectivity index (χ2v) is 7.47. The van der Waals surface area contributed by atoms with Gasteiger partial charge in [0.1, 0.15) is 5.75 Å². The fraction of sp³-hybridized carbons (Fsp3) is 0.550. The van der Waals surface area contributed by atoms with Crippen LogP contribution in [0.1, 0.15) is 36.3 Å². The van der Waals surface area contributed by atoms with Crippen LogP contribution in [0.2, 0.25) is 0 Å². The van der Waals surface area contributed by atoms with Gasteiger partial charge in [0.25, 0.3) is 0 Å². The third-order valence-electron chi connectivity index (χ3n) is 5.74. The van der Waals surface area contributed by atoms with E-state index in [1.54, 1.807) is 7.11 Å². The minimum absolute atomic E-state index is 0.0803. The van der Waals surface area contributed by atoms with Crippen molar-refractivity contribution in [2.75, 3.05) is 26.8 Å². The Kier molecular flexibility index (Phi) is 4.52. The van der Waals surface area contributed by atoms with E-state index in [9.17, 15) is 0 Å². The van der Waals surface area contributed by atoms with Crippen LogP contribution in [-0.4, -0.2) is 47.1 Å². The predicted molar refractivity (Wildman–Crippen MR) is 96.8 cm³/mol. The zero-order chi connectivity index (χ0) is 17.3. The van der Waals surface area contributed by atoms with E-state index in [0.29, 0.717) is 5.92 Å². The molecule has 0 aliphatic carbocycles. The smallest absolute Gasteiger partial charge is 0.118 e. The van der Waals surface area contributed by atoms with E-state index < -0.39 is 0 Å². The second-order valence-electron chi connectivity index (χ2n) is 7.47. The summed E-state index contributed by atoms with van der Waals surface area (Å²) >= 11 is 0. The molecule has 0 saturated carbocycles. The van der Waals surface area contributed by atoms with Crippen molar-refractivity contribution in [3.63, 3.8) is 0 Å². The first kappa shape index (κ1) is 16.6. The maximum absolute atomic E-state index is 6.31. The molecule has 1 spiro atoms. The Hall–Kier alpha value is -1.85. The van der Waals surface area contributed by atoms with E-state index in [1.807, 2.05) is 30.1 Å². The number of benzene rings is 1. The van der Waals surface area contributed by atoms with Crippen LogP contribution >= 0.6 is 0 Å². The number of rotatable bonds is 4. The van der Waals surface area contributed by atoms with Gasteiger partial charge < -0.3 is 9.47 Å². The summed E-state index contributed by atoms with van der Waals surface area (Å²) in [5.74, 6) is 1.42. The van der Waals surface area contributed by atoms with Gasteiger partial charge in [-0.1, -0.05) is 12.1 Å². The third-order valence-corrected chi connectivity index (χ3v) is 5.74. The summed E-state index contributed by atoms with van der Waals surface area (Å²) < 4.78 is 13.4. The van der Waals surface area contributed by atoms with Gasteiger partial charge in [-0.25, -0.2) is 0 Å². The summed E-state index contributed by atoms with van der Waals surface area (Å²) in [4.78, 5) is 2.54. The summed E-state index contributed by atoms with van der Waals surface area (Å²) in [7, 11) is 3.69. The van der Waals surface area contributed by atoms with Crippen LogP contribution in [0.5, 0.6) is 5.75 Å². The van der Waals surface area contributed by atoms with Crippen molar-refractivity contribution in [3.05, 3.63) is 47.8 Å². The Balaban J connectivity index is 1.32. The topological polar surface area (TPSA) is 39.5 Å². The summed E-state index contributed by atoms with van der Waals surface area (Å²) in [5, 5.41) is 4.31. The molecule has 5 heteroatoms. The lowest BCUT2D eigenvalue weighted by atomic mass is 9.84. The number of hydrogen-bond donors (Lipinski definition) is 0. The van der Waals surface area contributed by atoms with Crippen LogP contribution in [0.15, 0.2) is 36.7 Å². The highest BCUT2D eigenvalue weighted by Gasteiger charge is 2.43. The fourth-order valence-electron chi connectivity index (χ4n) is 4.17. The first-order chi connectivity index (χ1) is 12.2. The summed E-state index contributed by atoms with van der Waals surface area (Å²) in [6.45, 7) is 4.05. The molecule has 2 saturated heterocycles. The lowest BCUT2D eigenvalue weighted by Crippen LogP contribution is -2.43. The molecule has 1 unspecified atom stereocenters. The molecule has 1 aromatic heterocycles. The van der Waals surface area contributed by atoms with E-state index in [2.05, 4.69) is 28.3 Å². The van der Waals surface area contributed by atoms with Gasteiger partial charge in [-0.3, -0.25) is 9.58 Å². The molecule has 2 fully saturated rings. The minimum Gasteiger partial charge on any atom is -0.497 e. The molecule has 0 N–H and O–H groups in total. The number of nitrogens with zero attached hydrogens (tertiary/aromatic N) is 3. The van der Waals surface area contributed by atoms with E-state index >= 15 is 0 Å². The van der Waals surface area contributed by atoms with Gasteiger partial charge in [-0.2, -0.15) is 5.10 Å². The number of piperidine rings is 1. The minimum atomic E-state index is 0.0803. The van der Waals surface area contributed by atoms with Crippen LogP contribution in [0.25, 0.3) is 0 Å². The Bertz CT molecular complexity index is 702. The number of ether oxygens (including phenoxy) is 2. The molecule has 4 rings (SSSR count). The number of aryl methyl sites for hydroxylation is 1. The number of aromatic nitrogens is 2. The van der Waals surface area contributed by atoms with Gasteiger partial charge in [0.15, 0.2) is 0 Å². The monoisotopic (exact) mass is 341 g/mol. The van der Waals surface area contributed by atoms with Gasteiger partial charge in [-0.15, -0.1) is 0 Å². The SMILES string of the molecule is COc1ccc(CN2CCC3(CC2)CC(c2cnn(C)c2)CO3)cc1. The molecule has 1 aromatic carbocycles. The lowest BCUT2D eigenvalue weighted by Gasteiger charge is -2.38. The molecule has 5 nitrogen and oxygen atoms in total. The molecule has 134 valence electrons. The highest BCUT2D eigenvalue weighted by atomic mass is 16.5. The standard InChI is InChI=1S/C20H27N3O2/c1-22-14-18(12-21-22)17-11-20(25-15-17)7-9-23(10-8-20)13-16-3-5-19(24-2)6-4-16/h3-6,12,14,17H,7-11,13,15H2,1-2H3. The zero-order valence-corrected chi connectivity index (χ0v) is 15.1. The van der Waals surface area contributed by atoms with Gasteiger partial charge >= 0.3 is 0 Å². The first-order valence-electron chi connectivity index (χ1n) is 9.14. The second kappa shape index (κ2) is 6.81. The average Bonchev–Trinajstić information content (AvgIpc) is 3.25. The number of methoxy groups -OCH3 is 1. The molecule has 0 amide bonds. The van der Waals surface area contributed by atoms with Crippen LogP contribution in [-0.2, 0) is 18.3 Å². The zero-order valence-electron chi connectivity index (χ0n) is 15.1. The van der Waals surface area contributed by atoms with Crippen LogP contribution in [0.4, 0.5) is 0 Å². The van der Waals surface area contributed by atoms with E-state index in [0.717, 1.165) is 51.3 Å². The van der Waals surface area contributed by atoms with Crippen molar-refractivity contribution in [2.24, 2.45) is 7.05 Å². The first-order valence-corrected chi connectivity index (χ1v) is 9.14. The third kappa shape index (κ3) is 3.58. The van der Waals surface area contributed by atoms with Crippen molar-refractivity contribution in [1.29, 1.82) is 0 Å². The Labute approximate surface area is 149 Å². The molecule has 1 atom stereocenters. The highest BCUT2D eigenvalue weighted by molar-refractivity contribution is 5.27. The quantitative estimate of drug-likeness (QED) is 0.857. The maximum Gasteiger partial charge on any atom is 0.118 e. The molecular weight excluding hydrogens is 314 g/mol. The van der Waals surface area contributed by atoms with Crippen molar-refractivity contribution in [3.8, 4) is 5.75 Å². The van der Waals surface area contributed by atoms with Gasteiger partial charge in [0, 0.05) is 38.8 Å².